The molecule has 0 aliphatic heterocycles. The first-order valence-corrected chi connectivity index (χ1v) is 16.5. The first kappa shape index (κ1) is 32.7. The average molecular weight is 653 g/mol. The number of carbonyl (C=O) groups excluding carboxylic acids is 2. The minimum absolute atomic E-state index is 0.0601. The van der Waals surface area contributed by atoms with Crippen molar-refractivity contribution < 1.29 is 26.8 Å². The molecule has 1 atom stereocenters. The molecule has 12 heteroatoms. The third-order valence-corrected chi connectivity index (χ3v) is 9.33. The maximum absolute atomic E-state index is 14.2. The van der Waals surface area contributed by atoms with E-state index in [0.29, 0.717) is 15.9 Å². The van der Waals surface area contributed by atoms with Crippen molar-refractivity contribution in [2.45, 2.75) is 57.2 Å². The number of amides is 2. The molecule has 3 aromatic carbocycles. The van der Waals surface area contributed by atoms with Gasteiger partial charge in [-0.2, -0.15) is 0 Å². The quantitative estimate of drug-likeness (QED) is 0.270. The van der Waals surface area contributed by atoms with Gasteiger partial charge in [-0.25, -0.2) is 17.2 Å². The van der Waals surface area contributed by atoms with E-state index in [2.05, 4.69) is 5.32 Å². The van der Waals surface area contributed by atoms with E-state index in [1.54, 1.807) is 18.2 Å². The van der Waals surface area contributed by atoms with Crippen LogP contribution >= 0.6 is 23.2 Å². The summed E-state index contributed by atoms with van der Waals surface area (Å²) in [6.07, 6.45) is 5.64. The normalized spacial score (nSPS) is 14.6. The summed E-state index contributed by atoms with van der Waals surface area (Å²) in [4.78, 5) is 29.4. The molecule has 0 heterocycles. The molecule has 1 saturated carbocycles. The summed E-state index contributed by atoms with van der Waals surface area (Å²) in [6, 6.07) is 15.4. The summed E-state index contributed by atoms with van der Waals surface area (Å²) in [5.74, 6) is -3.59. The Morgan fingerprint density at radius 2 is 1.58 bits per heavy atom. The van der Waals surface area contributed by atoms with Gasteiger partial charge in [0.15, 0.2) is 11.6 Å². The van der Waals surface area contributed by atoms with E-state index in [0.717, 1.165) is 56.1 Å². The van der Waals surface area contributed by atoms with Crippen molar-refractivity contribution in [3.8, 4) is 0 Å². The zero-order valence-corrected chi connectivity index (χ0v) is 25.9. The Kier molecular flexibility index (Phi) is 11.0. The lowest BCUT2D eigenvalue weighted by molar-refractivity contribution is -0.140. The largest absolute Gasteiger partial charge is 0.352 e. The molecule has 1 aliphatic carbocycles. The third kappa shape index (κ3) is 8.68. The summed E-state index contributed by atoms with van der Waals surface area (Å²) in [5.41, 5.74) is 0.910. The van der Waals surface area contributed by atoms with Gasteiger partial charge in [0.2, 0.25) is 21.8 Å². The molecule has 0 saturated heterocycles. The maximum atomic E-state index is 14.2. The molecule has 0 spiro atoms. The minimum Gasteiger partial charge on any atom is -0.352 e. The Labute approximate surface area is 260 Å². The van der Waals surface area contributed by atoms with Gasteiger partial charge in [0, 0.05) is 40.7 Å². The summed E-state index contributed by atoms with van der Waals surface area (Å²) in [5, 5.41) is 3.62. The Morgan fingerprint density at radius 3 is 2.19 bits per heavy atom. The van der Waals surface area contributed by atoms with Gasteiger partial charge in [-0.05, 0) is 42.7 Å². The highest BCUT2D eigenvalue weighted by atomic mass is 35.5. The molecule has 0 unspecified atom stereocenters. The van der Waals surface area contributed by atoms with Crippen LogP contribution in [0, 0.1) is 11.6 Å². The fourth-order valence-electron chi connectivity index (χ4n) is 5.21. The van der Waals surface area contributed by atoms with Crippen molar-refractivity contribution in [3.05, 3.63) is 99.5 Å². The number of rotatable bonds is 11. The lowest BCUT2D eigenvalue weighted by Gasteiger charge is -2.35. The van der Waals surface area contributed by atoms with E-state index in [-0.39, 0.29) is 34.7 Å². The second kappa shape index (κ2) is 14.5. The summed E-state index contributed by atoms with van der Waals surface area (Å²) in [7, 11) is -4.15. The van der Waals surface area contributed by atoms with Crippen molar-refractivity contribution in [1.29, 1.82) is 0 Å². The Morgan fingerprint density at radius 1 is 0.930 bits per heavy atom. The molecular weight excluding hydrogens is 619 g/mol. The van der Waals surface area contributed by atoms with Gasteiger partial charge in [-0.3, -0.25) is 13.9 Å². The lowest BCUT2D eigenvalue weighted by Crippen LogP contribution is -2.55. The van der Waals surface area contributed by atoms with E-state index in [4.69, 9.17) is 23.2 Å². The zero-order valence-electron chi connectivity index (χ0n) is 23.6. The zero-order chi connectivity index (χ0) is 31.1. The molecule has 1 fully saturated rings. The van der Waals surface area contributed by atoms with E-state index >= 15 is 0 Å². The van der Waals surface area contributed by atoms with Gasteiger partial charge >= 0.3 is 0 Å². The molecule has 1 N–H and O–H groups in total. The number of halogens is 4. The van der Waals surface area contributed by atoms with Crippen molar-refractivity contribution in [1.82, 2.24) is 10.2 Å². The summed E-state index contributed by atoms with van der Waals surface area (Å²) < 4.78 is 54.1. The predicted molar refractivity (Wildman–Crippen MR) is 165 cm³/mol. The van der Waals surface area contributed by atoms with Crippen LogP contribution in [-0.2, 0) is 32.6 Å². The van der Waals surface area contributed by atoms with Gasteiger partial charge in [0.1, 0.15) is 12.6 Å². The van der Waals surface area contributed by atoms with Gasteiger partial charge in [0.25, 0.3) is 0 Å². The number of carbonyl (C=O) groups is 2. The van der Waals surface area contributed by atoms with E-state index in [1.807, 2.05) is 30.3 Å². The second-order valence-corrected chi connectivity index (χ2v) is 13.4. The van der Waals surface area contributed by atoms with Crippen molar-refractivity contribution in [3.63, 3.8) is 0 Å². The van der Waals surface area contributed by atoms with Gasteiger partial charge < -0.3 is 10.2 Å². The Hall–Kier alpha value is -3.21. The molecule has 3 aromatic rings. The monoisotopic (exact) mass is 651 g/mol. The fraction of sp³-hybridized carbons (Fsp3) is 0.355. The van der Waals surface area contributed by atoms with E-state index in [9.17, 15) is 26.8 Å². The SMILES string of the molecule is CS(=O)(=O)N(CC(=O)N(Cc1c(Cl)cccc1Cl)[C@H](Cc1ccccc1)C(=O)NC1CCCCC1)c1ccc(F)c(F)c1. The van der Waals surface area contributed by atoms with Crippen LogP contribution in [0.4, 0.5) is 14.5 Å². The molecule has 0 bridgehead atoms. The van der Waals surface area contributed by atoms with Crippen LogP contribution in [0.15, 0.2) is 66.7 Å². The van der Waals surface area contributed by atoms with Crippen LogP contribution in [0.1, 0.15) is 43.2 Å². The molecule has 2 amide bonds. The van der Waals surface area contributed by atoms with Crippen LogP contribution in [0.3, 0.4) is 0 Å². The van der Waals surface area contributed by atoms with E-state index in [1.165, 1.54) is 4.90 Å². The van der Waals surface area contributed by atoms with Crippen molar-refractivity contribution >= 4 is 50.7 Å². The summed E-state index contributed by atoms with van der Waals surface area (Å²) in [6.45, 7) is -0.990. The number of sulfonamides is 1. The number of hydrogen-bond acceptors (Lipinski definition) is 4. The highest BCUT2D eigenvalue weighted by Gasteiger charge is 2.35. The number of anilines is 1. The molecule has 1 aliphatic rings. The number of hydrogen-bond donors (Lipinski definition) is 1. The number of benzene rings is 3. The van der Waals surface area contributed by atoms with Crippen LogP contribution in [0.2, 0.25) is 10.0 Å². The molecule has 230 valence electrons. The average Bonchev–Trinajstić information content (AvgIpc) is 2.97. The third-order valence-electron chi connectivity index (χ3n) is 7.48. The van der Waals surface area contributed by atoms with Crippen LogP contribution in [0.5, 0.6) is 0 Å². The molecule has 4 rings (SSSR count). The second-order valence-electron chi connectivity index (χ2n) is 10.6. The first-order chi connectivity index (χ1) is 20.4. The number of nitrogens with one attached hydrogen (secondary N) is 1. The Bertz CT molecular complexity index is 1530. The smallest absolute Gasteiger partial charge is 0.244 e. The molecule has 0 aromatic heterocycles. The molecular formula is C31H33Cl2F2N3O4S. The highest BCUT2D eigenvalue weighted by Crippen LogP contribution is 2.28. The molecule has 7 nitrogen and oxygen atoms in total. The maximum Gasteiger partial charge on any atom is 0.244 e. The van der Waals surface area contributed by atoms with Crippen LogP contribution in [-0.4, -0.2) is 50.0 Å². The van der Waals surface area contributed by atoms with Crippen molar-refractivity contribution in [2.24, 2.45) is 0 Å². The predicted octanol–water partition coefficient (Wildman–Crippen LogP) is 6.13. The Balaban J connectivity index is 1.76. The van der Waals surface area contributed by atoms with E-state index < -0.39 is 46.1 Å². The van der Waals surface area contributed by atoms with Gasteiger partial charge in [0.05, 0.1) is 11.9 Å². The highest BCUT2D eigenvalue weighted by molar-refractivity contribution is 7.92. The number of nitrogens with zero attached hydrogens (tertiary/aromatic N) is 2. The fourth-order valence-corrected chi connectivity index (χ4v) is 6.56. The standard InChI is InChI=1S/C31H33Cl2F2N3O4S/c1-43(41,42)38(23-15-16-27(34)28(35)18-23)20-30(39)37(19-24-25(32)13-8-14-26(24)33)29(17-21-9-4-2-5-10-21)31(40)36-22-11-6-3-7-12-22/h2,4-5,8-10,13-16,18,22,29H,3,6-7,11-12,17,19-20H2,1H3,(H,36,40)/t29-/m1/s1. The van der Waals surface area contributed by atoms with Gasteiger partial charge in [-0.1, -0.05) is 78.9 Å². The first-order valence-electron chi connectivity index (χ1n) is 13.9. The minimum atomic E-state index is -4.15. The van der Waals surface area contributed by atoms with Gasteiger partial charge in [-0.15, -0.1) is 0 Å². The van der Waals surface area contributed by atoms with Crippen LogP contribution < -0.4 is 9.62 Å². The topological polar surface area (TPSA) is 86.8 Å². The van der Waals surface area contributed by atoms with Crippen LogP contribution in [0.25, 0.3) is 0 Å². The molecule has 0 radical (unpaired) electrons. The van der Waals surface area contributed by atoms with Crippen molar-refractivity contribution in [2.75, 3.05) is 17.1 Å². The summed E-state index contributed by atoms with van der Waals surface area (Å²) >= 11 is 13.0. The lowest BCUT2D eigenvalue weighted by atomic mass is 9.94. The molecule has 43 heavy (non-hydrogen) atoms.